The molecule has 1 saturated carbocycles. The quantitative estimate of drug-likeness (QED) is 0.676. The van der Waals surface area contributed by atoms with E-state index in [-0.39, 0.29) is 11.9 Å². The van der Waals surface area contributed by atoms with Crippen molar-refractivity contribution in [1.82, 2.24) is 10.6 Å². The normalized spacial score (nSPS) is 29.2. The van der Waals surface area contributed by atoms with Crippen LogP contribution in [0.4, 0.5) is 0 Å². The van der Waals surface area contributed by atoms with Crippen molar-refractivity contribution in [2.45, 2.75) is 64.1 Å². The lowest BCUT2D eigenvalue weighted by Gasteiger charge is -2.23. The Morgan fingerprint density at radius 1 is 1.39 bits per heavy atom. The van der Waals surface area contributed by atoms with Crippen LogP contribution in [0.15, 0.2) is 0 Å². The summed E-state index contributed by atoms with van der Waals surface area (Å²) < 4.78 is 5.77. The third-order valence-corrected chi connectivity index (χ3v) is 3.91. The van der Waals surface area contributed by atoms with Crippen molar-refractivity contribution in [2.75, 3.05) is 13.2 Å². The molecule has 0 aromatic rings. The summed E-state index contributed by atoms with van der Waals surface area (Å²) in [5, 5.41) is 6.41. The topological polar surface area (TPSA) is 50.4 Å². The lowest BCUT2D eigenvalue weighted by Crippen LogP contribution is -2.49. The van der Waals surface area contributed by atoms with Crippen molar-refractivity contribution in [3.63, 3.8) is 0 Å². The van der Waals surface area contributed by atoms with Gasteiger partial charge in [0.1, 0.15) is 0 Å². The van der Waals surface area contributed by atoms with Gasteiger partial charge in [-0.2, -0.15) is 0 Å². The summed E-state index contributed by atoms with van der Waals surface area (Å²) in [4.78, 5) is 11.9. The number of unbranched alkanes of at least 4 members (excludes halogenated alkanes) is 1. The Labute approximate surface area is 110 Å². The summed E-state index contributed by atoms with van der Waals surface area (Å²) in [5.41, 5.74) is 0. The molecule has 0 aromatic carbocycles. The molecule has 0 bridgehead atoms. The van der Waals surface area contributed by atoms with Crippen LogP contribution in [0.1, 0.15) is 46.0 Å². The van der Waals surface area contributed by atoms with E-state index in [0.717, 1.165) is 38.3 Å². The molecule has 104 valence electrons. The van der Waals surface area contributed by atoms with Crippen LogP contribution < -0.4 is 10.6 Å². The highest BCUT2D eigenvalue weighted by Gasteiger charge is 2.41. The number of carbonyl (C=O) groups is 1. The number of ether oxygens (including phenoxy) is 1. The molecule has 0 spiro atoms. The molecule has 1 saturated heterocycles. The molecule has 0 radical (unpaired) electrons. The van der Waals surface area contributed by atoms with E-state index in [4.69, 9.17) is 4.74 Å². The van der Waals surface area contributed by atoms with Gasteiger partial charge in [-0.05, 0) is 38.5 Å². The van der Waals surface area contributed by atoms with Crippen LogP contribution in [0.3, 0.4) is 0 Å². The van der Waals surface area contributed by atoms with E-state index >= 15 is 0 Å². The minimum atomic E-state index is -0.116. The number of hydrogen-bond donors (Lipinski definition) is 2. The summed E-state index contributed by atoms with van der Waals surface area (Å²) in [6.45, 7) is 5.70. The summed E-state index contributed by atoms with van der Waals surface area (Å²) in [7, 11) is 0. The molecule has 0 aromatic heterocycles. The van der Waals surface area contributed by atoms with Crippen molar-refractivity contribution in [2.24, 2.45) is 5.92 Å². The van der Waals surface area contributed by atoms with E-state index in [2.05, 4.69) is 17.6 Å². The van der Waals surface area contributed by atoms with Gasteiger partial charge in [0.05, 0.1) is 12.1 Å². The van der Waals surface area contributed by atoms with Crippen molar-refractivity contribution in [3.05, 3.63) is 0 Å². The van der Waals surface area contributed by atoms with Gasteiger partial charge in [0.25, 0.3) is 0 Å². The Kier molecular flexibility index (Phi) is 5.01. The maximum absolute atomic E-state index is 11.9. The molecular formula is C14H26N2O2. The lowest BCUT2D eigenvalue weighted by molar-refractivity contribution is -0.123. The second-order valence-corrected chi connectivity index (χ2v) is 5.60. The average Bonchev–Trinajstić information content (AvgIpc) is 3.10. The van der Waals surface area contributed by atoms with Crippen LogP contribution >= 0.6 is 0 Å². The van der Waals surface area contributed by atoms with Gasteiger partial charge in [-0.15, -0.1) is 0 Å². The molecule has 3 unspecified atom stereocenters. The first-order valence-corrected chi connectivity index (χ1v) is 7.37. The summed E-state index contributed by atoms with van der Waals surface area (Å²) in [5.74, 6) is 0.852. The second-order valence-electron chi connectivity index (χ2n) is 5.60. The summed E-state index contributed by atoms with van der Waals surface area (Å²) >= 11 is 0. The minimum Gasteiger partial charge on any atom is -0.376 e. The average molecular weight is 254 g/mol. The van der Waals surface area contributed by atoms with Crippen LogP contribution in [-0.2, 0) is 9.53 Å². The molecule has 18 heavy (non-hydrogen) atoms. The van der Waals surface area contributed by atoms with Gasteiger partial charge in [0.2, 0.25) is 5.91 Å². The number of rotatable bonds is 7. The van der Waals surface area contributed by atoms with Crippen molar-refractivity contribution >= 4 is 5.91 Å². The molecule has 2 rings (SSSR count). The molecule has 1 aliphatic heterocycles. The molecule has 1 amide bonds. The Bertz CT molecular complexity index is 279. The fourth-order valence-electron chi connectivity index (χ4n) is 2.62. The predicted octanol–water partition coefficient (Wildman–Crippen LogP) is 1.45. The Morgan fingerprint density at radius 3 is 2.83 bits per heavy atom. The van der Waals surface area contributed by atoms with Gasteiger partial charge < -0.3 is 15.4 Å². The fourth-order valence-corrected chi connectivity index (χ4v) is 2.62. The van der Waals surface area contributed by atoms with Gasteiger partial charge in [0, 0.05) is 19.2 Å². The van der Waals surface area contributed by atoms with Crippen LogP contribution in [0.2, 0.25) is 0 Å². The minimum absolute atomic E-state index is 0.116. The van der Waals surface area contributed by atoms with Gasteiger partial charge in [-0.1, -0.05) is 13.3 Å². The molecule has 2 fully saturated rings. The zero-order valence-corrected chi connectivity index (χ0v) is 11.6. The second kappa shape index (κ2) is 6.53. The monoisotopic (exact) mass is 254 g/mol. The first-order valence-electron chi connectivity index (χ1n) is 7.37. The molecule has 1 aliphatic carbocycles. The molecule has 2 aliphatic rings. The van der Waals surface area contributed by atoms with Crippen molar-refractivity contribution in [1.29, 1.82) is 0 Å². The Balaban J connectivity index is 1.72. The third kappa shape index (κ3) is 3.69. The molecular weight excluding hydrogens is 228 g/mol. The number of nitrogens with one attached hydrogen (secondary N) is 2. The predicted molar refractivity (Wildman–Crippen MR) is 71.4 cm³/mol. The molecule has 4 nitrogen and oxygen atoms in total. The van der Waals surface area contributed by atoms with E-state index in [9.17, 15) is 4.79 Å². The van der Waals surface area contributed by atoms with Crippen LogP contribution in [0, 0.1) is 5.92 Å². The number of amides is 1. The van der Waals surface area contributed by atoms with Crippen molar-refractivity contribution in [3.8, 4) is 0 Å². The summed E-state index contributed by atoms with van der Waals surface area (Å²) in [6, 6.07) is 0.249. The number of carbonyl (C=O) groups excluding carboxylic acids is 1. The Morgan fingerprint density at radius 2 is 2.17 bits per heavy atom. The van der Waals surface area contributed by atoms with Gasteiger partial charge in [-0.25, -0.2) is 0 Å². The van der Waals surface area contributed by atoms with Crippen molar-refractivity contribution < 1.29 is 9.53 Å². The van der Waals surface area contributed by atoms with Gasteiger partial charge in [0.15, 0.2) is 0 Å². The van der Waals surface area contributed by atoms with E-state index in [0.29, 0.717) is 12.1 Å². The van der Waals surface area contributed by atoms with Crippen LogP contribution in [-0.4, -0.2) is 37.2 Å². The molecule has 1 heterocycles. The number of hydrogen-bond acceptors (Lipinski definition) is 3. The van der Waals surface area contributed by atoms with E-state index in [1.165, 1.54) is 12.8 Å². The Hall–Kier alpha value is -0.610. The molecule has 2 N–H and O–H groups in total. The lowest BCUT2D eigenvalue weighted by atomic mass is 10.1. The van der Waals surface area contributed by atoms with E-state index in [1.54, 1.807) is 0 Å². The standard InChI is InChI=1S/C14H26N2O2/c1-3-4-8-15-14(17)10(2)16-12-7-9-18-13(12)11-5-6-11/h10-13,16H,3-9H2,1-2H3,(H,15,17). The van der Waals surface area contributed by atoms with E-state index in [1.807, 2.05) is 6.92 Å². The maximum Gasteiger partial charge on any atom is 0.236 e. The third-order valence-electron chi connectivity index (χ3n) is 3.91. The first-order chi connectivity index (χ1) is 8.72. The fraction of sp³-hybridized carbons (Fsp3) is 0.929. The van der Waals surface area contributed by atoms with Crippen LogP contribution in [0.25, 0.3) is 0 Å². The molecule has 4 heteroatoms. The smallest absolute Gasteiger partial charge is 0.236 e. The largest absolute Gasteiger partial charge is 0.376 e. The zero-order chi connectivity index (χ0) is 13.0. The SMILES string of the molecule is CCCCNC(=O)C(C)NC1CCOC1C1CC1. The molecule has 3 atom stereocenters. The van der Waals surface area contributed by atoms with E-state index < -0.39 is 0 Å². The highest BCUT2D eigenvalue weighted by atomic mass is 16.5. The maximum atomic E-state index is 11.9. The van der Waals surface area contributed by atoms with Gasteiger partial charge in [-0.3, -0.25) is 4.79 Å². The van der Waals surface area contributed by atoms with Gasteiger partial charge >= 0.3 is 0 Å². The zero-order valence-electron chi connectivity index (χ0n) is 11.6. The first kappa shape index (κ1) is 13.8. The van der Waals surface area contributed by atoms with Crippen LogP contribution in [0.5, 0.6) is 0 Å². The highest BCUT2D eigenvalue weighted by molar-refractivity contribution is 5.81. The highest BCUT2D eigenvalue weighted by Crippen LogP contribution is 2.38. The summed E-state index contributed by atoms with van der Waals surface area (Å²) in [6.07, 6.45) is 6.13.